The largest absolute Gasteiger partial charge is 0.497 e. The van der Waals surface area contributed by atoms with E-state index < -0.39 is 0 Å². The van der Waals surface area contributed by atoms with Gasteiger partial charge in [-0.25, -0.2) is 0 Å². The van der Waals surface area contributed by atoms with Crippen LogP contribution in [0, 0.1) is 0 Å². The van der Waals surface area contributed by atoms with Crippen LogP contribution in [-0.4, -0.2) is 17.5 Å². The fourth-order valence-corrected chi connectivity index (χ4v) is 0.912. The average molecular weight is 186 g/mol. The molecule has 0 fully saturated rings. The second kappa shape index (κ2) is 3.97. The molecule has 3 nitrogen and oxygen atoms in total. The number of ether oxygens (including phenoxy) is 1. The van der Waals surface area contributed by atoms with Gasteiger partial charge in [0, 0.05) is 5.56 Å². The lowest BCUT2D eigenvalue weighted by molar-refractivity contribution is 0.321. The SMILES string of the molecule is COc1ccc(C(Cl)=NO)cc1. The highest BCUT2D eigenvalue weighted by Gasteiger charge is 1.99. The Morgan fingerprint density at radius 1 is 1.42 bits per heavy atom. The summed E-state index contributed by atoms with van der Waals surface area (Å²) in [5.41, 5.74) is 0.653. The zero-order chi connectivity index (χ0) is 8.97. The standard InChI is InChI=1S/C8H8ClNO2/c1-12-7-4-2-6(3-5-7)8(9)10-11/h2-5,11H,1H3. The van der Waals surface area contributed by atoms with Crippen LogP contribution in [0.1, 0.15) is 5.56 Å². The van der Waals surface area contributed by atoms with Gasteiger partial charge >= 0.3 is 0 Å². The Kier molecular flexibility index (Phi) is 2.94. The first-order valence-corrected chi connectivity index (χ1v) is 3.67. The molecule has 0 bridgehead atoms. The molecular formula is C8H8ClNO2. The molecule has 4 heteroatoms. The maximum atomic E-state index is 8.34. The molecule has 0 aromatic heterocycles. The van der Waals surface area contributed by atoms with Crippen molar-refractivity contribution in [1.29, 1.82) is 0 Å². The third kappa shape index (κ3) is 1.89. The zero-order valence-electron chi connectivity index (χ0n) is 6.49. The molecule has 64 valence electrons. The molecule has 0 saturated carbocycles. The van der Waals surface area contributed by atoms with Gasteiger partial charge in [0.25, 0.3) is 0 Å². The Hall–Kier alpha value is -1.22. The molecule has 0 atom stereocenters. The molecule has 12 heavy (non-hydrogen) atoms. The summed E-state index contributed by atoms with van der Waals surface area (Å²) in [6, 6.07) is 6.90. The summed E-state index contributed by atoms with van der Waals surface area (Å²) in [5, 5.41) is 11.3. The minimum atomic E-state index is 0.0673. The van der Waals surface area contributed by atoms with Gasteiger partial charge in [-0.2, -0.15) is 0 Å². The van der Waals surface area contributed by atoms with E-state index in [1.54, 1.807) is 31.4 Å². The summed E-state index contributed by atoms with van der Waals surface area (Å²) in [6.07, 6.45) is 0. The van der Waals surface area contributed by atoms with Gasteiger partial charge in [0.15, 0.2) is 5.17 Å². The van der Waals surface area contributed by atoms with Crippen molar-refractivity contribution in [3.8, 4) is 5.75 Å². The third-order valence-electron chi connectivity index (χ3n) is 1.42. The summed E-state index contributed by atoms with van der Waals surface area (Å²) in [7, 11) is 1.58. The molecule has 1 rings (SSSR count). The number of halogens is 1. The van der Waals surface area contributed by atoms with Gasteiger partial charge in [-0.15, -0.1) is 0 Å². The molecule has 0 spiro atoms. The maximum absolute atomic E-state index is 8.34. The molecule has 1 aromatic carbocycles. The smallest absolute Gasteiger partial charge is 0.175 e. The van der Waals surface area contributed by atoms with E-state index in [4.69, 9.17) is 21.5 Å². The van der Waals surface area contributed by atoms with Crippen LogP contribution in [-0.2, 0) is 0 Å². The van der Waals surface area contributed by atoms with Gasteiger partial charge in [-0.3, -0.25) is 0 Å². The van der Waals surface area contributed by atoms with Crippen molar-refractivity contribution in [2.75, 3.05) is 7.11 Å². The minimum Gasteiger partial charge on any atom is -0.497 e. The van der Waals surface area contributed by atoms with Crippen LogP contribution in [0.2, 0.25) is 0 Å². The van der Waals surface area contributed by atoms with E-state index in [9.17, 15) is 0 Å². The Morgan fingerprint density at radius 3 is 2.42 bits per heavy atom. The lowest BCUT2D eigenvalue weighted by atomic mass is 10.2. The second-order valence-electron chi connectivity index (χ2n) is 2.12. The van der Waals surface area contributed by atoms with Crippen LogP contribution >= 0.6 is 11.6 Å². The monoisotopic (exact) mass is 185 g/mol. The highest BCUT2D eigenvalue weighted by atomic mass is 35.5. The first-order valence-electron chi connectivity index (χ1n) is 3.30. The second-order valence-corrected chi connectivity index (χ2v) is 2.48. The Balaban J connectivity index is 2.92. The van der Waals surface area contributed by atoms with E-state index in [0.717, 1.165) is 5.75 Å². The van der Waals surface area contributed by atoms with Crippen LogP contribution in [0.15, 0.2) is 29.4 Å². The normalized spacial score (nSPS) is 11.3. The molecule has 0 aliphatic carbocycles. The van der Waals surface area contributed by atoms with E-state index >= 15 is 0 Å². The highest BCUT2D eigenvalue weighted by molar-refractivity contribution is 6.69. The highest BCUT2D eigenvalue weighted by Crippen LogP contribution is 2.12. The van der Waals surface area contributed by atoms with Crippen LogP contribution < -0.4 is 4.74 Å². The Bertz CT molecular complexity index is 282. The van der Waals surface area contributed by atoms with E-state index in [1.165, 1.54) is 0 Å². The topological polar surface area (TPSA) is 41.8 Å². The van der Waals surface area contributed by atoms with Crippen molar-refractivity contribution in [2.45, 2.75) is 0 Å². The number of hydrogen-bond acceptors (Lipinski definition) is 3. The maximum Gasteiger partial charge on any atom is 0.175 e. The summed E-state index contributed by atoms with van der Waals surface area (Å²) >= 11 is 5.55. The summed E-state index contributed by atoms with van der Waals surface area (Å²) in [4.78, 5) is 0. The molecule has 0 heterocycles. The minimum absolute atomic E-state index is 0.0673. The predicted octanol–water partition coefficient (Wildman–Crippen LogP) is 2.07. The number of methoxy groups -OCH3 is 1. The summed E-state index contributed by atoms with van der Waals surface area (Å²) < 4.78 is 4.94. The number of benzene rings is 1. The van der Waals surface area contributed by atoms with Crippen LogP contribution in [0.5, 0.6) is 5.75 Å². The average Bonchev–Trinajstić information content (AvgIpc) is 2.17. The van der Waals surface area contributed by atoms with Crippen LogP contribution in [0.4, 0.5) is 0 Å². The lowest BCUT2D eigenvalue weighted by Crippen LogP contribution is -1.90. The van der Waals surface area contributed by atoms with Crippen molar-refractivity contribution < 1.29 is 9.94 Å². The Labute approximate surface area is 75.2 Å². The van der Waals surface area contributed by atoms with Gasteiger partial charge in [0.1, 0.15) is 5.75 Å². The van der Waals surface area contributed by atoms with Crippen molar-refractivity contribution in [1.82, 2.24) is 0 Å². The molecule has 1 N–H and O–H groups in total. The number of rotatable bonds is 2. The molecule has 0 saturated heterocycles. The zero-order valence-corrected chi connectivity index (χ0v) is 7.25. The quantitative estimate of drug-likeness (QED) is 0.436. The third-order valence-corrected chi connectivity index (χ3v) is 1.71. The van der Waals surface area contributed by atoms with Crippen molar-refractivity contribution in [2.24, 2.45) is 5.16 Å². The van der Waals surface area contributed by atoms with E-state index in [2.05, 4.69) is 5.16 Å². The first kappa shape index (κ1) is 8.87. The van der Waals surface area contributed by atoms with E-state index in [1.807, 2.05) is 0 Å². The fraction of sp³-hybridized carbons (Fsp3) is 0.125. The molecular weight excluding hydrogens is 178 g/mol. The van der Waals surface area contributed by atoms with Crippen LogP contribution in [0.3, 0.4) is 0 Å². The van der Waals surface area contributed by atoms with E-state index in [-0.39, 0.29) is 5.17 Å². The van der Waals surface area contributed by atoms with E-state index in [0.29, 0.717) is 5.56 Å². The summed E-state index contributed by atoms with van der Waals surface area (Å²) in [6.45, 7) is 0. The molecule has 0 unspecified atom stereocenters. The molecule has 0 aliphatic rings. The van der Waals surface area contributed by atoms with Crippen molar-refractivity contribution in [3.05, 3.63) is 29.8 Å². The van der Waals surface area contributed by atoms with Gasteiger partial charge < -0.3 is 9.94 Å². The molecule has 0 aliphatic heterocycles. The first-order chi connectivity index (χ1) is 5.77. The molecule has 1 aromatic rings. The molecule has 0 amide bonds. The fourth-order valence-electron chi connectivity index (χ4n) is 0.786. The Morgan fingerprint density at radius 2 is 2.00 bits per heavy atom. The number of hydrogen-bond donors (Lipinski definition) is 1. The molecule has 0 radical (unpaired) electrons. The lowest BCUT2D eigenvalue weighted by Gasteiger charge is -1.99. The van der Waals surface area contributed by atoms with Crippen molar-refractivity contribution in [3.63, 3.8) is 0 Å². The van der Waals surface area contributed by atoms with Crippen molar-refractivity contribution >= 4 is 16.8 Å². The van der Waals surface area contributed by atoms with Gasteiger partial charge in [0.05, 0.1) is 7.11 Å². The van der Waals surface area contributed by atoms with Crippen LogP contribution in [0.25, 0.3) is 0 Å². The number of oxime groups is 1. The summed E-state index contributed by atoms with van der Waals surface area (Å²) in [5.74, 6) is 0.737. The van der Waals surface area contributed by atoms with Gasteiger partial charge in [0.2, 0.25) is 0 Å². The van der Waals surface area contributed by atoms with Gasteiger partial charge in [-0.05, 0) is 24.3 Å². The predicted molar refractivity (Wildman–Crippen MR) is 47.2 cm³/mol. The number of nitrogens with zero attached hydrogens (tertiary/aromatic N) is 1. The van der Waals surface area contributed by atoms with Gasteiger partial charge in [-0.1, -0.05) is 16.8 Å².